The normalized spacial score (nSPS) is 19.2. The molecule has 0 radical (unpaired) electrons. The Labute approximate surface area is 72.9 Å². The Bertz CT molecular complexity index is 214. The van der Waals surface area contributed by atoms with E-state index in [4.69, 9.17) is 0 Å². The summed E-state index contributed by atoms with van der Waals surface area (Å²) in [5.74, 6) is -0.159. The molecule has 0 atom stereocenters. The number of esters is 1. The summed E-state index contributed by atoms with van der Waals surface area (Å²) in [7, 11) is 1.42. The first-order valence-corrected chi connectivity index (χ1v) is 4.08. The minimum absolute atomic E-state index is 0.134. The molecular formula is C10H14O2. The van der Waals surface area contributed by atoms with Crippen LogP contribution in [0.25, 0.3) is 0 Å². The summed E-state index contributed by atoms with van der Waals surface area (Å²) in [5, 5.41) is 0. The van der Waals surface area contributed by atoms with Crippen LogP contribution in [0.3, 0.4) is 0 Å². The first kappa shape index (κ1) is 9.04. The molecule has 0 aliphatic heterocycles. The van der Waals surface area contributed by atoms with Crippen LogP contribution in [0.15, 0.2) is 24.3 Å². The van der Waals surface area contributed by atoms with E-state index >= 15 is 0 Å². The molecule has 1 rings (SSSR count). The lowest BCUT2D eigenvalue weighted by Gasteiger charge is -2.22. The Morgan fingerprint density at radius 3 is 2.58 bits per heavy atom. The summed E-state index contributed by atoms with van der Waals surface area (Å²) in [6, 6.07) is 0. The molecule has 1 aliphatic rings. The van der Waals surface area contributed by atoms with Gasteiger partial charge in [-0.25, -0.2) is 0 Å². The zero-order valence-electron chi connectivity index (χ0n) is 7.54. The molecule has 0 unspecified atom stereocenters. The number of rotatable bonds is 2. The van der Waals surface area contributed by atoms with Crippen LogP contribution in [0.1, 0.15) is 19.8 Å². The minimum Gasteiger partial charge on any atom is -0.469 e. The van der Waals surface area contributed by atoms with Gasteiger partial charge >= 0.3 is 5.97 Å². The topological polar surface area (TPSA) is 26.3 Å². The maximum atomic E-state index is 11.0. The summed E-state index contributed by atoms with van der Waals surface area (Å²) in [6.45, 7) is 2.02. The third kappa shape index (κ3) is 2.22. The Morgan fingerprint density at radius 1 is 1.50 bits per heavy atom. The summed E-state index contributed by atoms with van der Waals surface area (Å²) >= 11 is 0. The first-order chi connectivity index (χ1) is 5.66. The molecule has 0 bridgehead atoms. The maximum Gasteiger partial charge on any atom is 0.306 e. The fourth-order valence-electron chi connectivity index (χ4n) is 1.31. The third-order valence-corrected chi connectivity index (χ3v) is 2.02. The number of carbonyl (C=O) groups is 1. The van der Waals surface area contributed by atoms with E-state index in [0.717, 1.165) is 6.42 Å². The summed E-state index contributed by atoms with van der Waals surface area (Å²) in [6.07, 6.45) is 9.66. The van der Waals surface area contributed by atoms with Crippen molar-refractivity contribution in [1.29, 1.82) is 0 Å². The van der Waals surface area contributed by atoms with E-state index in [2.05, 4.69) is 29.0 Å². The molecule has 0 aromatic carbocycles. The van der Waals surface area contributed by atoms with Gasteiger partial charge in [0.05, 0.1) is 13.5 Å². The second kappa shape index (κ2) is 3.57. The molecule has 2 nitrogen and oxygen atoms in total. The van der Waals surface area contributed by atoms with Crippen LogP contribution in [0.5, 0.6) is 0 Å². The summed E-state index contributed by atoms with van der Waals surface area (Å²) < 4.78 is 4.61. The Morgan fingerprint density at radius 2 is 2.08 bits per heavy atom. The summed E-state index contributed by atoms with van der Waals surface area (Å²) in [4.78, 5) is 11.0. The Hall–Kier alpha value is -1.05. The highest BCUT2D eigenvalue weighted by atomic mass is 16.5. The van der Waals surface area contributed by atoms with Crippen LogP contribution in [0.4, 0.5) is 0 Å². The molecule has 66 valence electrons. The third-order valence-electron chi connectivity index (χ3n) is 2.02. The van der Waals surface area contributed by atoms with E-state index in [1.165, 1.54) is 7.11 Å². The zero-order valence-corrected chi connectivity index (χ0v) is 7.54. The highest BCUT2D eigenvalue weighted by Gasteiger charge is 2.22. The van der Waals surface area contributed by atoms with Gasteiger partial charge < -0.3 is 4.74 Å². The van der Waals surface area contributed by atoms with Gasteiger partial charge in [-0.05, 0) is 6.42 Å². The van der Waals surface area contributed by atoms with Crippen molar-refractivity contribution in [3.63, 3.8) is 0 Å². The van der Waals surface area contributed by atoms with Gasteiger partial charge in [0.1, 0.15) is 0 Å². The number of ether oxygens (including phenoxy) is 1. The van der Waals surface area contributed by atoms with Crippen LogP contribution in [0.2, 0.25) is 0 Å². The number of hydrogen-bond donors (Lipinski definition) is 0. The molecule has 0 heterocycles. The molecule has 0 saturated heterocycles. The van der Waals surface area contributed by atoms with Gasteiger partial charge in [-0.1, -0.05) is 31.2 Å². The molecule has 0 saturated carbocycles. The highest BCUT2D eigenvalue weighted by Crippen LogP contribution is 2.28. The summed E-state index contributed by atoms with van der Waals surface area (Å²) in [5.41, 5.74) is -0.134. The molecule has 0 N–H and O–H groups in total. The lowest BCUT2D eigenvalue weighted by atomic mass is 9.83. The molecule has 0 spiro atoms. The number of hydrogen-bond acceptors (Lipinski definition) is 2. The largest absolute Gasteiger partial charge is 0.469 e. The minimum atomic E-state index is -0.159. The van der Waals surface area contributed by atoms with Crippen molar-refractivity contribution in [3.8, 4) is 0 Å². The van der Waals surface area contributed by atoms with Crippen molar-refractivity contribution in [3.05, 3.63) is 24.3 Å². The molecule has 1 aliphatic carbocycles. The van der Waals surface area contributed by atoms with Crippen molar-refractivity contribution < 1.29 is 9.53 Å². The van der Waals surface area contributed by atoms with Gasteiger partial charge in [-0.15, -0.1) is 0 Å². The van der Waals surface area contributed by atoms with E-state index in [1.807, 2.05) is 6.92 Å². The quantitative estimate of drug-likeness (QED) is 0.463. The average Bonchev–Trinajstić information content (AvgIpc) is 2.05. The number of allylic oxidation sites excluding steroid dienone is 4. The van der Waals surface area contributed by atoms with Crippen molar-refractivity contribution in [2.45, 2.75) is 19.8 Å². The predicted molar refractivity (Wildman–Crippen MR) is 47.6 cm³/mol. The molecule has 0 aromatic heterocycles. The first-order valence-electron chi connectivity index (χ1n) is 4.08. The number of carbonyl (C=O) groups excluding carboxylic acids is 1. The molecule has 0 fully saturated rings. The Balaban J connectivity index is 2.59. The van der Waals surface area contributed by atoms with Gasteiger partial charge in [0.15, 0.2) is 0 Å². The highest BCUT2D eigenvalue weighted by molar-refractivity contribution is 5.71. The lowest BCUT2D eigenvalue weighted by Crippen LogP contribution is -2.18. The zero-order chi connectivity index (χ0) is 9.03. The molecular weight excluding hydrogens is 152 g/mol. The van der Waals surface area contributed by atoms with Crippen LogP contribution in [-0.4, -0.2) is 13.1 Å². The van der Waals surface area contributed by atoms with E-state index in [-0.39, 0.29) is 11.4 Å². The van der Waals surface area contributed by atoms with Crippen LogP contribution in [-0.2, 0) is 9.53 Å². The second-order valence-electron chi connectivity index (χ2n) is 3.30. The van der Waals surface area contributed by atoms with Gasteiger partial charge in [-0.2, -0.15) is 0 Å². The van der Waals surface area contributed by atoms with Crippen LogP contribution in [0, 0.1) is 5.41 Å². The van der Waals surface area contributed by atoms with Crippen LogP contribution < -0.4 is 0 Å². The molecule has 12 heavy (non-hydrogen) atoms. The van der Waals surface area contributed by atoms with Crippen LogP contribution >= 0.6 is 0 Å². The monoisotopic (exact) mass is 166 g/mol. The molecule has 2 heteroatoms. The SMILES string of the molecule is COC(=O)CC1(C)C=CCC=C1. The van der Waals surface area contributed by atoms with E-state index in [1.54, 1.807) is 0 Å². The average molecular weight is 166 g/mol. The lowest BCUT2D eigenvalue weighted by molar-refractivity contribution is -0.141. The Kier molecular flexibility index (Phi) is 2.69. The van der Waals surface area contributed by atoms with E-state index < -0.39 is 0 Å². The maximum absolute atomic E-state index is 11.0. The van der Waals surface area contributed by atoms with Gasteiger partial charge in [0.2, 0.25) is 0 Å². The van der Waals surface area contributed by atoms with Crippen molar-refractivity contribution >= 4 is 5.97 Å². The van der Waals surface area contributed by atoms with Gasteiger partial charge in [0.25, 0.3) is 0 Å². The second-order valence-corrected chi connectivity index (χ2v) is 3.30. The fraction of sp³-hybridized carbons (Fsp3) is 0.500. The standard InChI is InChI=1S/C10H14O2/c1-10(8-9(11)12-2)6-4-3-5-7-10/h4-7H,3,8H2,1-2H3. The van der Waals surface area contributed by atoms with E-state index in [9.17, 15) is 4.79 Å². The molecule has 0 aromatic rings. The fourth-order valence-corrected chi connectivity index (χ4v) is 1.31. The van der Waals surface area contributed by atoms with Gasteiger partial charge in [-0.3, -0.25) is 4.79 Å². The van der Waals surface area contributed by atoms with Crippen molar-refractivity contribution in [1.82, 2.24) is 0 Å². The number of methoxy groups -OCH3 is 1. The predicted octanol–water partition coefficient (Wildman–Crippen LogP) is 2.07. The van der Waals surface area contributed by atoms with Gasteiger partial charge in [0, 0.05) is 5.41 Å². The van der Waals surface area contributed by atoms with Crippen molar-refractivity contribution in [2.24, 2.45) is 5.41 Å². The van der Waals surface area contributed by atoms with Crippen molar-refractivity contribution in [2.75, 3.05) is 7.11 Å². The smallest absolute Gasteiger partial charge is 0.306 e. The molecule has 0 amide bonds. The van der Waals surface area contributed by atoms with E-state index in [0.29, 0.717) is 6.42 Å².